The number of aromatic nitrogens is 3. The molecule has 4 heterocycles. The summed E-state index contributed by atoms with van der Waals surface area (Å²) in [5, 5.41) is 4.18. The summed E-state index contributed by atoms with van der Waals surface area (Å²) in [5.41, 5.74) is 8.72. The minimum absolute atomic E-state index is 0.300. The summed E-state index contributed by atoms with van der Waals surface area (Å²) in [6.07, 6.45) is 10.8. The molecule has 2 aliphatic rings. The molecule has 0 aromatic carbocycles. The third-order valence-electron chi connectivity index (χ3n) is 4.26. The first kappa shape index (κ1) is 13.3. The zero-order chi connectivity index (χ0) is 14.9. The molecule has 0 spiro atoms. The highest BCUT2D eigenvalue weighted by molar-refractivity contribution is 5.74. The summed E-state index contributed by atoms with van der Waals surface area (Å²) in [5.74, 6) is 0.300. The van der Waals surface area contributed by atoms with Crippen LogP contribution >= 0.6 is 0 Å². The molecular weight excluding hydrogens is 278 g/mol. The Morgan fingerprint density at radius 1 is 1.23 bits per heavy atom. The van der Waals surface area contributed by atoms with Gasteiger partial charge in [0.05, 0.1) is 0 Å². The fraction of sp³-hybridized carbons (Fsp3) is 0.375. The molecule has 1 fully saturated rings. The number of nitrogen functional groups attached to an aromatic ring is 1. The van der Waals surface area contributed by atoms with Gasteiger partial charge in [0.15, 0.2) is 5.65 Å². The number of hydrogen-bond donors (Lipinski definition) is 1. The van der Waals surface area contributed by atoms with E-state index in [4.69, 9.17) is 10.5 Å². The Labute approximate surface area is 128 Å². The van der Waals surface area contributed by atoms with Gasteiger partial charge in [-0.1, -0.05) is 12.2 Å². The van der Waals surface area contributed by atoms with Crippen LogP contribution in [0.3, 0.4) is 0 Å². The van der Waals surface area contributed by atoms with Crippen LogP contribution in [0.4, 0.5) is 5.95 Å². The van der Waals surface area contributed by atoms with Gasteiger partial charge in [-0.2, -0.15) is 4.98 Å². The van der Waals surface area contributed by atoms with Crippen molar-refractivity contribution in [1.82, 2.24) is 19.5 Å². The van der Waals surface area contributed by atoms with Gasteiger partial charge in [-0.25, -0.2) is 4.52 Å². The number of allylic oxidation sites excluding steroid dienone is 2. The first-order chi connectivity index (χ1) is 10.8. The number of nitrogens with zero attached hydrogens (tertiary/aromatic N) is 4. The number of rotatable bonds is 2. The molecule has 2 aromatic rings. The standard InChI is InChI=1S/C16H19N5O/c17-16-18-15-4-3-13(11-21(15)19-16)12-2-1-7-20(10-12)14-5-8-22-9-6-14/h1-4,10-11,14H,5-9H2,(H2,17,19). The second kappa shape index (κ2) is 5.46. The Morgan fingerprint density at radius 2 is 2.09 bits per heavy atom. The van der Waals surface area contributed by atoms with E-state index >= 15 is 0 Å². The van der Waals surface area contributed by atoms with Crippen LogP contribution in [0.5, 0.6) is 0 Å². The number of nitrogens with two attached hydrogens (primary N) is 1. The van der Waals surface area contributed by atoms with E-state index in [9.17, 15) is 0 Å². The van der Waals surface area contributed by atoms with Gasteiger partial charge in [0.25, 0.3) is 0 Å². The SMILES string of the molecule is Nc1nc2ccc(C3=CN(C4CCOCC4)CC=C3)cn2n1. The normalized spacial score (nSPS) is 19.6. The minimum atomic E-state index is 0.300. The lowest BCUT2D eigenvalue weighted by Crippen LogP contribution is -2.37. The Hall–Kier alpha value is -2.34. The summed E-state index contributed by atoms with van der Waals surface area (Å²) in [6.45, 7) is 2.68. The summed E-state index contributed by atoms with van der Waals surface area (Å²) < 4.78 is 7.19. The molecule has 1 saturated heterocycles. The van der Waals surface area contributed by atoms with Crippen LogP contribution in [0.1, 0.15) is 18.4 Å². The monoisotopic (exact) mass is 297 g/mol. The van der Waals surface area contributed by atoms with E-state index in [1.165, 1.54) is 5.57 Å². The van der Waals surface area contributed by atoms with Crippen LogP contribution in [0.15, 0.2) is 36.7 Å². The average Bonchev–Trinajstić information content (AvgIpc) is 2.95. The number of hydrogen-bond acceptors (Lipinski definition) is 5. The van der Waals surface area contributed by atoms with E-state index in [2.05, 4.69) is 39.4 Å². The van der Waals surface area contributed by atoms with Gasteiger partial charge in [0.2, 0.25) is 5.95 Å². The van der Waals surface area contributed by atoms with E-state index in [1.807, 2.05) is 12.3 Å². The van der Waals surface area contributed by atoms with Crippen LogP contribution in [-0.2, 0) is 4.74 Å². The molecule has 114 valence electrons. The molecule has 2 aromatic heterocycles. The Morgan fingerprint density at radius 3 is 2.95 bits per heavy atom. The third kappa shape index (κ3) is 2.46. The molecular formula is C16H19N5O. The number of anilines is 1. The highest BCUT2D eigenvalue weighted by Crippen LogP contribution is 2.24. The maximum Gasteiger partial charge on any atom is 0.240 e. The van der Waals surface area contributed by atoms with Gasteiger partial charge >= 0.3 is 0 Å². The Kier molecular flexibility index (Phi) is 3.31. The fourth-order valence-corrected chi connectivity index (χ4v) is 3.09. The highest BCUT2D eigenvalue weighted by Gasteiger charge is 2.20. The van der Waals surface area contributed by atoms with Crippen LogP contribution < -0.4 is 5.73 Å². The molecule has 0 unspecified atom stereocenters. The number of ether oxygens (including phenoxy) is 1. The topological polar surface area (TPSA) is 68.7 Å². The molecule has 0 radical (unpaired) electrons. The largest absolute Gasteiger partial charge is 0.381 e. The van der Waals surface area contributed by atoms with Crippen LogP contribution in [-0.4, -0.2) is 45.3 Å². The molecule has 4 rings (SSSR count). The van der Waals surface area contributed by atoms with Crippen molar-refractivity contribution in [3.8, 4) is 0 Å². The number of pyridine rings is 1. The molecule has 0 atom stereocenters. The minimum Gasteiger partial charge on any atom is -0.381 e. The van der Waals surface area contributed by atoms with Crippen molar-refractivity contribution in [2.24, 2.45) is 0 Å². The van der Waals surface area contributed by atoms with Crippen molar-refractivity contribution in [3.05, 3.63) is 42.2 Å². The predicted molar refractivity (Wildman–Crippen MR) is 85.1 cm³/mol. The average molecular weight is 297 g/mol. The van der Waals surface area contributed by atoms with Gasteiger partial charge in [0.1, 0.15) is 0 Å². The van der Waals surface area contributed by atoms with Crippen molar-refractivity contribution in [1.29, 1.82) is 0 Å². The van der Waals surface area contributed by atoms with Gasteiger partial charge in [0, 0.05) is 43.8 Å². The maximum atomic E-state index is 5.65. The maximum absolute atomic E-state index is 5.65. The van der Waals surface area contributed by atoms with Gasteiger partial charge in [-0.05, 0) is 30.5 Å². The van der Waals surface area contributed by atoms with Crippen LogP contribution in [0, 0.1) is 0 Å². The van der Waals surface area contributed by atoms with E-state index in [0.717, 1.165) is 43.8 Å². The van der Waals surface area contributed by atoms with Gasteiger partial charge in [-0.3, -0.25) is 0 Å². The first-order valence-corrected chi connectivity index (χ1v) is 7.64. The van der Waals surface area contributed by atoms with E-state index < -0.39 is 0 Å². The van der Waals surface area contributed by atoms with E-state index in [1.54, 1.807) is 4.52 Å². The van der Waals surface area contributed by atoms with Crippen molar-refractivity contribution < 1.29 is 4.74 Å². The molecule has 2 aliphatic heterocycles. The van der Waals surface area contributed by atoms with Crippen molar-refractivity contribution in [2.45, 2.75) is 18.9 Å². The molecule has 0 saturated carbocycles. The zero-order valence-electron chi connectivity index (χ0n) is 12.4. The summed E-state index contributed by atoms with van der Waals surface area (Å²) in [4.78, 5) is 6.57. The van der Waals surface area contributed by atoms with Gasteiger partial charge < -0.3 is 15.4 Å². The second-order valence-electron chi connectivity index (χ2n) is 5.72. The molecule has 0 amide bonds. The molecule has 6 nitrogen and oxygen atoms in total. The second-order valence-corrected chi connectivity index (χ2v) is 5.72. The predicted octanol–water partition coefficient (Wildman–Crippen LogP) is 1.70. The Bertz CT molecular complexity index is 742. The lowest BCUT2D eigenvalue weighted by molar-refractivity contribution is 0.0523. The summed E-state index contributed by atoms with van der Waals surface area (Å²) in [6, 6.07) is 4.58. The van der Waals surface area contributed by atoms with E-state index in [0.29, 0.717) is 12.0 Å². The molecule has 2 N–H and O–H groups in total. The smallest absolute Gasteiger partial charge is 0.240 e. The van der Waals surface area contributed by atoms with Gasteiger partial charge in [-0.15, -0.1) is 5.10 Å². The fourth-order valence-electron chi connectivity index (χ4n) is 3.09. The van der Waals surface area contributed by atoms with Crippen LogP contribution in [0.2, 0.25) is 0 Å². The molecule has 0 aliphatic carbocycles. The van der Waals surface area contributed by atoms with Crippen molar-refractivity contribution in [2.75, 3.05) is 25.5 Å². The first-order valence-electron chi connectivity index (χ1n) is 7.64. The summed E-state index contributed by atoms with van der Waals surface area (Å²) >= 11 is 0. The molecule has 0 bridgehead atoms. The van der Waals surface area contributed by atoms with Crippen molar-refractivity contribution in [3.63, 3.8) is 0 Å². The van der Waals surface area contributed by atoms with E-state index in [-0.39, 0.29) is 0 Å². The molecule has 6 heteroatoms. The lowest BCUT2D eigenvalue weighted by atomic mass is 10.0. The lowest BCUT2D eigenvalue weighted by Gasteiger charge is -2.34. The third-order valence-corrected chi connectivity index (χ3v) is 4.26. The zero-order valence-corrected chi connectivity index (χ0v) is 12.4. The summed E-state index contributed by atoms with van der Waals surface area (Å²) in [7, 11) is 0. The Balaban J connectivity index is 1.63. The quantitative estimate of drug-likeness (QED) is 0.914. The van der Waals surface area contributed by atoms with Crippen LogP contribution in [0.25, 0.3) is 11.2 Å². The molecule has 22 heavy (non-hydrogen) atoms. The highest BCUT2D eigenvalue weighted by atomic mass is 16.5. The van der Waals surface area contributed by atoms with Crippen molar-refractivity contribution >= 4 is 17.2 Å². The number of fused-ring (bicyclic) bond motifs is 1.